The largest absolute Gasteiger partial charge is 0.474 e. The predicted molar refractivity (Wildman–Crippen MR) is 97.1 cm³/mol. The molecule has 0 bridgehead atoms. The van der Waals surface area contributed by atoms with E-state index >= 15 is 0 Å². The third kappa shape index (κ3) is 5.45. The molecule has 8 nitrogen and oxygen atoms in total. The number of hydrogen-bond acceptors (Lipinski definition) is 5. The average molecular weight is 359 g/mol. The molecule has 140 valence electrons. The zero-order valence-electron chi connectivity index (χ0n) is 15.0. The number of nitrogens with one attached hydrogen (secondary N) is 2. The zero-order valence-corrected chi connectivity index (χ0v) is 15.0. The maximum atomic E-state index is 12.0. The predicted octanol–water partition coefficient (Wildman–Crippen LogP) is 2.57. The Morgan fingerprint density at radius 3 is 2.88 bits per heavy atom. The molecular weight excluding hydrogens is 334 g/mol. The van der Waals surface area contributed by atoms with E-state index in [4.69, 9.17) is 9.47 Å². The van der Waals surface area contributed by atoms with E-state index in [0.29, 0.717) is 37.4 Å². The Kier molecular flexibility index (Phi) is 6.43. The molecule has 0 spiro atoms. The van der Waals surface area contributed by atoms with E-state index in [2.05, 4.69) is 20.7 Å². The summed E-state index contributed by atoms with van der Waals surface area (Å²) in [5, 5.41) is 9.70. The van der Waals surface area contributed by atoms with Crippen molar-refractivity contribution < 1.29 is 14.3 Å². The second-order valence-electron chi connectivity index (χ2n) is 6.32. The molecular formula is C18H25N5O3. The fraction of sp³-hybridized carbons (Fsp3) is 0.500. The molecule has 0 aliphatic heterocycles. The van der Waals surface area contributed by atoms with Crippen molar-refractivity contribution in [2.45, 2.75) is 44.9 Å². The number of anilines is 1. The second kappa shape index (κ2) is 9.19. The fourth-order valence-electron chi connectivity index (χ4n) is 2.86. The summed E-state index contributed by atoms with van der Waals surface area (Å²) < 4.78 is 12.5. The molecule has 2 heterocycles. The normalized spacial score (nSPS) is 14.3. The van der Waals surface area contributed by atoms with Gasteiger partial charge in [0.25, 0.3) is 0 Å². The van der Waals surface area contributed by atoms with Gasteiger partial charge in [0.15, 0.2) is 0 Å². The van der Waals surface area contributed by atoms with Crippen molar-refractivity contribution in [2.75, 3.05) is 19.0 Å². The highest BCUT2D eigenvalue weighted by Crippen LogP contribution is 2.22. The van der Waals surface area contributed by atoms with Crippen LogP contribution in [0.5, 0.6) is 5.88 Å². The van der Waals surface area contributed by atoms with Gasteiger partial charge in [-0.1, -0.05) is 6.07 Å². The Bertz CT molecular complexity index is 695. The first-order valence-corrected chi connectivity index (χ1v) is 8.91. The topological polar surface area (TPSA) is 90.3 Å². The van der Waals surface area contributed by atoms with Crippen LogP contribution in [0.3, 0.4) is 0 Å². The molecule has 0 unspecified atom stereocenters. The lowest BCUT2D eigenvalue weighted by molar-refractivity contribution is 0.183. The Morgan fingerprint density at radius 1 is 1.31 bits per heavy atom. The Balaban J connectivity index is 1.41. The Labute approximate surface area is 152 Å². The number of rotatable bonds is 8. The maximum Gasteiger partial charge on any atom is 0.319 e. The first-order chi connectivity index (χ1) is 12.7. The molecule has 2 aromatic heterocycles. The fourth-order valence-corrected chi connectivity index (χ4v) is 2.86. The van der Waals surface area contributed by atoms with E-state index in [-0.39, 0.29) is 6.03 Å². The van der Waals surface area contributed by atoms with Crippen LogP contribution in [0.25, 0.3) is 0 Å². The molecule has 0 aromatic carbocycles. The number of pyridine rings is 1. The molecule has 2 aromatic rings. The highest BCUT2D eigenvalue weighted by atomic mass is 16.5. The van der Waals surface area contributed by atoms with Gasteiger partial charge in [-0.15, -0.1) is 0 Å². The zero-order chi connectivity index (χ0) is 18.2. The maximum absolute atomic E-state index is 12.0. The first kappa shape index (κ1) is 18.2. The molecule has 1 aliphatic rings. The number of ether oxygens (including phenoxy) is 2. The van der Waals surface area contributed by atoms with Gasteiger partial charge in [-0.25, -0.2) is 9.78 Å². The summed E-state index contributed by atoms with van der Waals surface area (Å²) in [5.41, 5.74) is 1.55. The minimum absolute atomic E-state index is 0.289. The lowest BCUT2D eigenvalue weighted by Gasteiger charge is -2.12. The number of carbonyl (C=O) groups is 1. The highest BCUT2D eigenvalue weighted by molar-refractivity contribution is 5.88. The van der Waals surface area contributed by atoms with E-state index in [1.54, 1.807) is 30.4 Å². The molecule has 0 saturated heterocycles. The Morgan fingerprint density at radius 2 is 2.15 bits per heavy atom. The van der Waals surface area contributed by atoms with Crippen LogP contribution in [-0.4, -0.2) is 40.6 Å². The summed E-state index contributed by atoms with van der Waals surface area (Å²) in [6.07, 6.45) is 10.1. The third-order valence-electron chi connectivity index (χ3n) is 4.26. The molecule has 3 rings (SSSR count). The SMILES string of the molecule is COCCn1cc(NC(=O)NCc2ccc(OC3CCCC3)nc2)cn1. The number of amides is 2. The quantitative estimate of drug-likeness (QED) is 0.756. The smallest absolute Gasteiger partial charge is 0.319 e. The molecule has 1 fully saturated rings. The van der Waals surface area contributed by atoms with E-state index in [0.717, 1.165) is 18.4 Å². The molecule has 0 atom stereocenters. The van der Waals surface area contributed by atoms with Gasteiger partial charge in [0, 0.05) is 32.1 Å². The van der Waals surface area contributed by atoms with Crippen molar-refractivity contribution in [3.63, 3.8) is 0 Å². The minimum Gasteiger partial charge on any atom is -0.474 e. The second-order valence-corrected chi connectivity index (χ2v) is 6.32. The van der Waals surface area contributed by atoms with Crippen molar-refractivity contribution in [2.24, 2.45) is 0 Å². The standard InChI is InChI=1S/C18H25N5O3/c1-25-9-8-23-13-15(12-21-23)22-18(24)20-11-14-6-7-17(19-10-14)26-16-4-2-3-5-16/h6-7,10,12-13,16H,2-5,8-9,11H2,1H3,(H2,20,22,24). The lowest BCUT2D eigenvalue weighted by atomic mass is 10.3. The lowest BCUT2D eigenvalue weighted by Crippen LogP contribution is -2.28. The summed E-state index contributed by atoms with van der Waals surface area (Å²) in [6.45, 7) is 1.60. The average Bonchev–Trinajstić information content (AvgIpc) is 3.31. The summed E-state index contributed by atoms with van der Waals surface area (Å²) in [6, 6.07) is 3.48. The van der Waals surface area contributed by atoms with E-state index < -0.39 is 0 Å². The minimum atomic E-state index is -0.289. The number of hydrogen-bond donors (Lipinski definition) is 2. The molecule has 26 heavy (non-hydrogen) atoms. The van der Waals surface area contributed by atoms with Crippen molar-refractivity contribution >= 4 is 11.7 Å². The molecule has 1 aliphatic carbocycles. The monoisotopic (exact) mass is 359 g/mol. The van der Waals surface area contributed by atoms with Gasteiger partial charge in [0.1, 0.15) is 6.10 Å². The van der Waals surface area contributed by atoms with E-state index in [9.17, 15) is 4.79 Å². The van der Waals surface area contributed by atoms with Crippen LogP contribution in [0.4, 0.5) is 10.5 Å². The molecule has 1 saturated carbocycles. The number of carbonyl (C=O) groups excluding carboxylic acids is 1. The van der Waals surface area contributed by atoms with Gasteiger partial charge in [0.2, 0.25) is 5.88 Å². The molecule has 2 amide bonds. The summed E-state index contributed by atoms with van der Waals surface area (Å²) in [4.78, 5) is 16.3. The van der Waals surface area contributed by atoms with Crippen LogP contribution < -0.4 is 15.4 Å². The van der Waals surface area contributed by atoms with Gasteiger partial charge in [-0.2, -0.15) is 5.10 Å². The summed E-state index contributed by atoms with van der Waals surface area (Å²) in [5.74, 6) is 0.647. The van der Waals surface area contributed by atoms with E-state index in [1.807, 2.05) is 12.1 Å². The number of urea groups is 1. The number of aromatic nitrogens is 3. The van der Waals surface area contributed by atoms with Crippen LogP contribution in [0.1, 0.15) is 31.2 Å². The summed E-state index contributed by atoms with van der Waals surface area (Å²) in [7, 11) is 1.64. The van der Waals surface area contributed by atoms with Crippen LogP contribution in [0.15, 0.2) is 30.7 Å². The highest BCUT2D eigenvalue weighted by Gasteiger charge is 2.16. The first-order valence-electron chi connectivity index (χ1n) is 8.91. The van der Waals surface area contributed by atoms with Crippen LogP contribution in [0, 0.1) is 0 Å². The van der Waals surface area contributed by atoms with E-state index in [1.165, 1.54) is 12.8 Å². The van der Waals surface area contributed by atoms with Crippen molar-refractivity contribution in [1.29, 1.82) is 0 Å². The van der Waals surface area contributed by atoms with Crippen LogP contribution >= 0.6 is 0 Å². The van der Waals surface area contributed by atoms with Gasteiger partial charge in [-0.3, -0.25) is 4.68 Å². The Hall–Kier alpha value is -2.61. The van der Waals surface area contributed by atoms with Gasteiger partial charge in [-0.05, 0) is 31.2 Å². The van der Waals surface area contributed by atoms with Crippen LogP contribution in [-0.2, 0) is 17.8 Å². The molecule has 2 N–H and O–H groups in total. The molecule has 8 heteroatoms. The van der Waals surface area contributed by atoms with Crippen molar-refractivity contribution in [3.8, 4) is 5.88 Å². The van der Waals surface area contributed by atoms with Gasteiger partial charge in [0.05, 0.1) is 25.0 Å². The third-order valence-corrected chi connectivity index (χ3v) is 4.26. The summed E-state index contributed by atoms with van der Waals surface area (Å²) >= 11 is 0. The number of methoxy groups -OCH3 is 1. The van der Waals surface area contributed by atoms with Gasteiger partial charge < -0.3 is 20.1 Å². The van der Waals surface area contributed by atoms with Crippen molar-refractivity contribution in [1.82, 2.24) is 20.1 Å². The molecule has 0 radical (unpaired) electrons. The van der Waals surface area contributed by atoms with Gasteiger partial charge >= 0.3 is 6.03 Å². The number of nitrogens with zero attached hydrogens (tertiary/aromatic N) is 3. The van der Waals surface area contributed by atoms with Crippen molar-refractivity contribution in [3.05, 3.63) is 36.3 Å². The van der Waals surface area contributed by atoms with Crippen LogP contribution in [0.2, 0.25) is 0 Å².